The van der Waals surface area contributed by atoms with E-state index in [0.29, 0.717) is 5.41 Å². The third-order valence-corrected chi connectivity index (χ3v) is 3.65. The molecule has 1 atom stereocenters. The van der Waals surface area contributed by atoms with Crippen molar-refractivity contribution in [3.8, 4) is 0 Å². The highest BCUT2D eigenvalue weighted by atomic mass is 14.8. The van der Waals surface area contributed by atoms with Gasteiger partial charge in [0, 0.05) is 0 Å². The van der Waals surface area contributed by atoms with Gasteiger partial charge in [-0.3, -0.25) is 0 Å². The van der Waals surface area contributed by atoms with E-state index in [9.17, 15) is 0 Å². The van der Waals surface area contributed by atoms with Gasteiger partial charge < -0.3 is 11.1 Å². The Morgan fingerprint density at radius 1 is 1.31 bits per heavy atom. The van der Waals surface area contributed by atoms with E-state index in [4.69, 9.17) is 5.73 Å². The highest BCUT2D eigenvalue weighted by Gasteiger charge is 2.30. The number of nitrogens with one attached hydrogen (secondary N) is 1. The minimum atomic E-state index is 0.317. The zero-order chi connectivity index (χ0) is 12.6. The molecule has 0 amide bonds. The largest absolute Gasteiger partial charge is 0.330 e. The first kappa shape index (κ1) is 15.9. The Morgan fingerprint density at radius 2 is 1.88 bits per heavy atom. The molecule has 98 valence electrons. The van der Waals surface area contributed by atoms with Gasteiger partial charge in [0.1, 0.15) is 0 Å². The van der Waals surface area contributed by atoms with Crippen LogP contribution in [0.5, 0.6) is 0 Å². The highest BCUT2D eigenvalue weighted by molar-refractivity contribution is 4.83. The van der Waals surface area contributed by atoms with Crippen molar-refractivity contribution in [2.24, 2.45) is 23.0 Å². The standard InChI is InChI=1S/C12H26N2.C2H6/c1-12(2,9-13)7-11(8-14-3)10-5-4-6-10;1-2/h10-11,14H,4-9,13H2,1-3H3;1-2H3. The summed E-state index contributed by atoms with van der Waals surface area (Å²) in [5, 5.41) is 3.32. The average Bonchev–Trinajstić information content (AvgIpc) is 2.18. The number of rotatable bonds is 6. The van der Waals surface area contributed by atoms with Gasteiger partial charge in [0.05, 0.1) is 0 Å². The maximum atomic E-state index is 5.79. The SMILES string of the molecule is CC.CNCC(CC(C)(C)CN)C1CCC1. The molecule has 0 aliphatic heterocycles. The summed E-state index contributed by atoms with van der Waals surface area (Å²) >= 11 is 0. The van der Waals surface area contributed by atoms with Crippen LogP contribution in [0, 0.1) is 17.3 Å². The summed E-state index contributed by atoms with van der Waals surface area (Å²) in [5.74, 6) is 1.81. The van der Waals surface area contributed by atoms with Gasteiger partial charge in [-0.05, 0) is 43.8 Å². The predicted molar refractivity (Wildman–Crippen MR) is 73.6 cm³/mol. The minimum absolute atomic E-state index is 0.317. The van der Waals surface area contributed by atoms with E-state index in [1.54, 1.807) is 0 Å². The van der Waals surface area contributed by atoms with E-state index in [2.05, 4.69) is 26.2 Å². The summed E-state index contributed by atoms with van der Waals surface area (Å²) in [7, 11) is 2.06. The molecule has 1 fully saturated rings. The normalized spacial score (nSPS) is 18.4. The van der Waals surface area contributed by atoms with Crippen molar-refractivity contribution in [2.75, 3.05) is 20.1 Å². The second-order valence-electron chi connectivity index (χ2n) is 5.58. The van der Waals surface area contributed by atoms with Crippen molar-refractivity contribution in [1.29, 1.82) is 0 Å². The Morgan fingerprint density at radius 3 is 2.19 bits per heavy atom. The molecule has 2 nitrogen and oxygen atoms in total. The van der Waals surface area contributed by atoms with E-state index >= 15 is 0 Å². The number of hydrogen-bond acceptors (Lipinski definition) is 2. The first-order valence-corrected chi connectivity index (χ1v) is 6.94. The lowest BCUT2D eigenvalue weighted by Gasteiger charge is -2.38. The molecule has 1 aliphatic carbocycles. The molecule has 0 saturated heterocycles. The predicted octanol–water partition coefficient (Wildman–Crippen LogP) is 3.02. The van der Waals surface area contributed by atoms with Gasteiger partial charge in [0.25, 0.3) is 0 Å². The van der Waals surface area contributed by atoms with Gasteiger partial charge in [-0.2, -0.15) is 0 Å². The van der Waals surface area contributed by atoms with Crippen LogP contribution >= 0.6 is 0 Å². The zero-order valence-electron chi connectivity index (χ0n) is 12.0. The first-order valence-electron chi connectivity index (χ1n) is 6.94. The molecular weight excluding hydrogens is 196 g/mol. The van der Waals surface area contributed by atoms with Crippen LogP contribution in [0.2, 0.25) is 0 Å². The molecular formula is C14H32N2. The molecule has 0 radical (unpaired) electrons. The van der Waals surface area contributed by atoms with Gasteiger partial charge >= 0.3 is 0 Å². The lowest BCUT2D eigenvalue weighted by atomic mass is 9.69. The van der Waals surface area contributed by atoms with Crippen LogP contribution in [-0.2, 0) is 0 Å². The number of hydrogen-bond donors (Lipinski definition) is 2. The molecule has 2 heteroatoms. The van der Waals surface area contributed by atoms with E-state index in [0.717, 1.165) is 24.9 Å². The van der Waals surface area contributed by atoms with Crippen LogP contribution in [-0.4, -0.2) is 20.1 Å². The Kier molecular flexibility index (Phi) is 8.04. The van der Waals surface area contributed by atoms with Gasteiger partial charge in [0.2, 0.25) is 0 Å². The molecule has 3 N–H and O–H groups in total. The van der Waals surface area contributed by atoms with Crippen LogP contribution in [0.3, 0.4) is 0 Å². The molecule has 0 aromatic heterocycles. The van der Waals surface area contributed by atoms with Gasteiger partial charge in [-0.25, -0.2) is 0 Å². The van der Waals surface area contributed by atoms with Crippen LogP contribution in [0.25, 0.3) is 0 Å². The number of nitrogens with two attached hydrogens (primary N) is 1. The van der Waals surface area contributed by atoms with Crippen molar-refractivity contribution in [3.63, 3.8) is 0 Å². The summed E-state index contributed by atoms with van der Waals surface area (Å²) in [6.45, 7) is 10.5. The van der Waals surface area contributed by atoms with Crippen molar-refractivity contribution in [3.05, 3.63) is 0 Å². The molecule has 1 saturated carbocycles. The van der Waals surface area contributed by atoms with Gasteiger partial charge in [-0.15, -0.1) is 0 Å². The van der Waals surface area contributed by atoms with Crippen LogP contribution in [0.4, 0.5) is 0 Å². The fraction of sp³-hybridized carbons (Fsp3) is 1.00. The molecule has 1 unspecified atom stereocenters. The summed E-state index contributed by atoms with van der Waals surface area (Å²) in [4.78, 5) is 0. The van der Waals surface area contributed by atoms with E-state index in [-0.39, 0.29) is 0 Å². The average molecular weight is 228 g/mol. The summed E-state index contributed by atoms with van der Waals surface area (Å²) in [5.41, 5.74) is 6.11. The first-order chi connectivity index (χ1) is 7.59. The smallest absolute Gasteiger partial charge is 0.00207 e. The van der Waals surface area contributed by atoms with Crippen LogP contribution < -0.4 is 11.1 Å². The fourth-order valence-electron chi connectivity index (χ4n) is 2.37. The van der Waals surface area contributed by atoms with E-state index < -0.39 is 0 Å². The Hall–Kier alpha value is -0.0800. The topological polar surface area (TPSA) is 38.0 Å². The minimum Gasteiger partial charge on any atom is -0.330 e. The Bertz CT molecular complexity index is 162. The monoisotopic (exact) mass is 228 g/mol. The van der Waals surface area contributed by atoms with E-state index in [1.807, 2.05) is 13.8 Å². The van der Waals surface area contributed by atoms with Crippen molar-refractivity contribution in [1.82, 2.24) is 5.32 Å². The van der Waals surface area contributed by atoms with E-state index in [1.165, 1.54) is 25.7 Å². The van der Waals surface area contributed by atoms with Crippen LogP contribution in [0.1, 0.15) is 53.4 Å². The van der Waals surface area contributed by atoms with Crippen LogP contribution in [0.15, 0.2) is 0 Å². The van der Waals surface area contributed by atoms with Crippen molar-refractivity contribution >= 4 is 0 Å². The molecule has 0 bridgehead atoms. The maximum absolute atomic E-state index is 5.79. The Balaban J connectivity index is 0.00000106. The Labute approximate surface area is 102 Å². The zero-order valence-corrected chi connectivity index (χ0v) is 12.0. The highest BCUT2D eigenvalue weighted by Crippen LogP contribution is 2.38. The molecule has 0 heterocycles. The van der Waals surface area contributed by atoms with Gasteiger partial charge in [-0.1, -0.05) is 47.0 Å². The quantitative estimate of drug-likeness (QED) is 0.733. The molecule has 0 aromatic rings. The second kappa shape index (κ2) is 8.08. The molecule has 0 aromatic carbocycles. The molecule has 0 spiro atoms. The summed E-state index contributed by atoms with van der Waals surface area (Å²) in [6.07, 6.45) is 5.59. The van der Waals surface area contributed by atoms with Crippen molar-refractivity contribution < 1.29 is 0 Å². The molecule has 16 heavy (non-hydrogen) atoms. The maximum Gasteiger partial charge on any atom is -0.00207 e. The third kappa shape index (κ3) is 5.31. The van der Waals surface area contributed by atoms with Gasteiger partial charge in [0.15, 0.2) is 0 Å². The summed E-state index contributed by atoms with van der Waals surface area (Å²) < 4.78 is 0. The molecule has 1 rings (SSSR count). The summed E-state index contributed by atoms with van der Waals surface area (Å²) in [6, 6.07) is 0. The third-order valence-electron chi connectivity index (χ3n) is 3.65. The molecule has 1 aliphatic rings. The lowest BCUT2D eigenvalue weighted by molar-refractivity contribution is 0.146. The van der Waals surface area contributed by atoms with Crippen molar-refractivity contribution in [2.45, 2.75) is 53.4 Å². The fourth-order valence-corrected chi connectivity index (χ4v) is 2.37. The lowest BCUT2D eigenvalue weighted by Crippen LogP contribution is -2.36. The second-order valence-corrected chi connectivity index (χ2v) is 5.58.